The monoisotopic (exact) mass is 434 g/mol. The lowest BCUT2D eigenvalue weighted by Gasteiger charge is -2.22. The van der Waals surface area contributed by atoms with E-state index >= 15 is 0 Å². The van der Waals surface area contributed by atoms with Crippen LogP contribution in [0.15, 0.2) is 66.7 Å². The molecule has 0 unspecified atom stereocenters. The fourth-order valence-electron chi connectivity index (χ4n) is 3.76. The highest BCUT2D eigenvalue weighted by atomic mass is 32.1. The summed E-state index contributed by atoms with van der Waals surface area (Å²) < 4.78 is 5.80. The third-order valence-corrected chi connectivity index (χ3v) is 6.49. The van der Waals surface area contributed by atoms with Gasteiger partial charge in [-0.15, -0.1) is 11.3 Å². The van der Waals surface area contributed by atoms with Crippen LogP contribution in [0, 0.1) is 0 Å². The highest BCUT2D eigenvalue weighted by molar-refractivity contribution is 7.17. The minimum atomic E-state index is -0.0235. The van der Waals surface area contributed by atoms with E-state index in [-0.39, 0.29) is 11.8 Å². The summed E-state index contributed by atoms with van der Waals surface area (Å²) in [5, 5.41) is 0. The summed E-state index contributed by atoms with van der Waals surface area (Å²) in [6.07, 6.45) is 0.755. The van der Waals surface area contributed by atoms with Gasteiger partial charge < -0.3 is 14.5 Å². The molecule has 0 radical (unpaired) electrons. The van der Waals surface area contributed by atoms with Crippen molar-refractivity contribution in [1.82, 2.24) is 9.80 Å². The number of thiophene rings is 1. The zero-order valence-electron chi connectivity index (χ0n) is 17.6. The summed E-state index contributed by atoms with van der Waals surface area (Å²) in [6.45, 7) is 4.75. The largest absolute Gasteiger partial charge is 0.492 e. The van der Waals surface area contributed by atoms with Gasteiger partial charge in [-0.3, -0.25) is 9.59 Å². The topological polar surface area (TPSA) is 49.9 Å². The van der Waals surface area contributed by atoms with Gasteiger partial charge in [0.25, 0.3) is 11.8 Å². The van der Waals surface area contributed by atoms with Crippen molar-refractivity contribution in [3.05, 3.63) is 77.2 Å². The molecular weight excluding hydrogens is 408 g/mol. The fraction of sp³-hybridized carbons (Fsp3) is 0.280. The van der Waals surface area contributed by atoms with Crippen LogP contribution in [-0.2, 0) is 0 Å². The van der Waals surface area contributed by atoms with Crippen LogP contribution in [0.4, 0.5) is 0 Å². The normalized spacial score (nSPS) is 14.2. The first kappa shape index (κ1) is 21.1. The van der Waals surface area contributed by atoms with Crippen molar-refractivity contribution >= 4 is 23.2 Å². The van der Waals surface area contributed by atoms with Crippen molar-refractivity contribution in [3.63, 3.8) is 0 Å². The molecule has 0 aliphatic carbocycles. The predicted molar refractivity (Wildman–Crippen MR) is 124 cm³/mol. The molecule has 0 N–H and O–H groups in total. The second kappa shape index (κ2) is 9.79. The average Bonchev–Trinajstić information content (AvgIpc) is 3.08. The number of hydrogen-bond acceptors (Lipinski definition) is 4. The van der Waals surface area contributed by atoms with Crippen molar-refractivity contribution in [2.45, 2.75) is 13.3 Å². The molecule has 0 bridgehead atoms. The first-order chi connectivity index (χ1) is 15.2. The number of carbonyl (C=O) groups is 2. The third-order valence-electron chi connectivity index (χ3n) is 5.34. The summed E-state index contributed by atoms with van der Waals surface area (Å²) in [5.74, 6) is 0.634. The van der Waals surface area contributed by atoms with Crippen LogP contribution in [0.5, 0.6) is 5.75 Å². The molecule has 3 aromatic rings. The van der Waals surface area contributed by atoms with Crippen LogP contribution in [0.3, 0.4) is 0 Å². The number of nitrogens with zero attached hydrogens (tertiary/aromatic N) is 2. The van der Waals surface area contributed by atoms with Gasteiger partial charge in [-0.1, -0.05) is 48.5 Å². The molecule has 2 aromatic carbocycles. The predicted octanol–water partition coefficient (Wildman–Crippen LogP) is 4.80. The first-order valence-electron chi connectivity index (χ1n) is 10.6. The zero-order chi connectivity index (χ0) is 21.6. The summed E-state index contributed by atoms with van der Waals surface area (Å²) >= 11 is 1.47. The Bertz CT molecular complexity index is 1030. The average molecular weight is 435 g/mol. The number of benzene rings is 2. The Balaban J connectivity index is 1.50. The maximum Gasteiger partial charge on any atom is 0.267 e. The van der Waals surface area contributed by atoms with Crippen LogP contribution >= 0.6 is 11.3 Å². The summed E-state index contributed by atoms with van der Waals surface area (Å²) in [5.41, 5.74) is 1.76. The Morgan fingerprint density at radius 3 is 2.13 bits per heavy atom. The molecule has 0 spiro atoms. The van der Waals surface area contributed by atoms with E-state index in [0.29, 0.717) is 49.0 Å². The Hall–Kier alpha value is -3.12. The molecule has 2 heterocycles. The van der Waals surface area contributed by atoms with E-state index in [2.05, 4.69) is 0 Å². The lowest BCUT2D eigenvalue weighted by molar-refractivity contribution is 0.0719. The number of ether oxygens (including phenoxy) is 1. The molecule has 4 rings (SSSR count). The Morgan fingerprint density at radius 1 is 0.871 bits per heavy atom. The quantitative estimate of drug-likeness (QED) is 0.579. The van der Waals surface area contributed by atoms with Crippen molar-refractivity contribution in [3.8, 4) is 16.2 Å². The van der Waals surface area contributed by atoms with E-state index in [4.69, 9.17) is 4.74 Å². The van der Waals surface area contributed by atoms with E-state index < -0.39 is 0 Å². The van der Waals surface area contributed by atoms with Gasteiger partial charge in [0.1, 0.15) is 10.6 Å². The molecule has 2 amide bonds. The molecule has 1 aromatic heterocycles. The number of hydrogen-bond donors (Lipinski definition) is 0. The van der Waals surface area contributed by atoms with E-state index in [9.17, 15) is 9.59 Å². The van der Waals surface area contributed by atoms with E-state index in [1.807, 2.05) is 83.5 Å². The zero-order valence-corrected chi connectivity index (χ0v) is 18.4. The molecule has 6 heteroatoms. The minimum absolute atomic E-state index is 0.0207. The lowest BCUT2D eigenvalue weighted by Crippen LogP contribution is -2.37. The SMILES string of the molecule is CCOc1cc(-c2ccccc2)sc1C(=O)N1CCCN(C(=O)c2ccccc2)CC1. The van der Waals surface area contributed by atoms with Gasteiger partial charge in [0.15, 0.2) is 0 Å². The second-order valence-electron chi connectivity index (χ2n) is 7.41. The number of rotatable bonds is 5. The summed E-state index contributed by atoms with van der Waals surface area (Å²) in [4.78, 5) is 31.5. The van der Waals surface area contributed by atoms with E-state index in [1.165, 1.54) is 11.3 Å². The van der Waals surface area contributed by atoms with E-state index in [0.717, 1.165) is 16.9 Å². The smallest absolute Gasteiger partial charge is 0.267 e. The highest BCUT2D eigenvalue weighted by Crippen LogP contribution is 2.37. The van der Waals surface area contributed by atoms with Crippen molar-refractivity contribution in [2.75, 3.05) is 32.8 Å². The molecule has 5 nitrogen and oxygen atoms in total. The van der Waals surface area contributed by atoms with Gasteiger partial charge in [-0.2, -0.15) is 0 Å². The first-order valence-corrected chi connectivity index (χ1v) is 11.4. The Kier molecular flexibility index (Phi) is 6.67. The highest BCUT2D eigenvalue weighted by Gasteiger charge is 2.27. The van der Waals surface area contributed by atoms with Gasteiger partial charge in [0.2, 0.25) is 0 Å². The minimum Gasteiger partial charge on any atom is -0.492 e. The lowest BCUT2D eigenvalue weighted by atomic mass is 10.2. The molecule has 160 valence electrons. The summed E-state index contributed by atoms with van der Waals surface area (Å²) in [7, 11) is 0. The molecule has 0 atom stereocenters. The van der Waals surface area contributed by atoms with Crippen LogP contribution in [0.1, 0.15) is 33.4 Å². The van der Waals surface area contributed by atoms with Gasteiger partial charge in [0, 0.05) is 36.6 Å². The molecule has 31 heavy (non-hydrogen) atoms. The van der Waals surface area contributed by atoms with Crippen molar-refractivity contribution < 1.29 is 14.3 Å². The maximum atomic E-state index is 13.4. The van der Waals surface area contributed by atoms with Crippen molar-refractivity contribution in [2.24, 2.45) is 0 Å². The van der Waals surface area contributed by atoms with Crippen LogP contribution in [0.2, 0.25) is 0 Å². The Labute approximate surface area is 186 Å². The van der Waals surface area contributed by atoms with Crippen LogP contribution < -0.4 is 4.74 Å². The number of carbonyl (C=O) groups excluding carboxylic acids is 2. The molecule has 1 aliphatic heterocycles. The maximum absolute atomic E-state index is 13.4. The van der Waals surface area contributed by atoms with Crippen LogP contribution in [0.25, 0.3) is 10.4 Å². The summed E-state index contributed by atoms with van der Waals surface area (Å²) in [6, 6.07) is 21.3. The fourth-order valence-corrected chi connectivity index (χ4v) is 4.84. The number of amides is 2. The van der Waals surface area contributed by atoms with Gasteiger partial charge in [-0.25, -0.2) is 0 Å². The molecule has 1 fully saturated rings. The Morgan fingerprint density at radius 2 is 1.48 bits per heavy atom. The molecule has 0 saturated carbocycles. The van der Waals surface area contributed by atoms with Gasteiger partial charge in [-0.05, 0) is 37.1 Å². The van der Waals surface area contributed by atoms with Gasteiger partial charge >= 0.3 is 0 Å². The molecule has 1 aliphatic rings. The third kappa shape index (κ3) is 4.80. The van der Waals surface area contributed by atoms with Crippen LogP contribution in [-0.4, -0.2) is 54.4 Å². The van der Waals surface area contributed by atoms with Crippen molar-refractivity contribution in [1.29, 1.82) is 0 Å². The van der Waals surface area contributed by atoms with Gasteiger partial charge in [0.05, 0.1) is 6.61 Å². The molecule has 1 saturated heterocycles. The van der Waals surface area contributed by atoms with E-state index in [1.54, 1.807) is 0 Å². The second-order valence-corrected chi connectivity index (χ2v) is 8.46. The standard InChI is InChI=1S/C25H26N2O3S/c1-2-30-21-18-22(19-10-5-3-6-11-19)31-23(21)25(29)27-15-9-14-26(16-17-27)24(28)20-12-7-4-8-13-20/h3-8,10-13,18H,2,9,14-17H2,1H3. The molecular formula is C25H26N2O3S.